The minimum atomic E-state index is -4.47. The van der Waals surface area contributed by atoms with Crippen LogP contribution >= 0.6 is 0 Å². The molecule has 0 atom stereocenters. The van der Waals surface area contributed by atoms with E-state index in [9.17, 15) is 21.6 Å². The number of nitrogens with zero attached hydrogens (tertiary/aromatic N) is 1. The van der Waals surface area contributed by atoms with E-state index in [1.807, 2.05) is 0 Å². The van der Waals surface area contributed by atoms with Gasteiger partial charge in [0.15, 0.2) is 9.84 Å². The fourth-order valence-corrected chi connectivity index (χ4v) is 3.20. The largest absolute Gasteiger partial charge is 0.416 e. The van der Waals surface area contributed by atoms with Crippen LogP contribution in [0.2, 0.25) is 0 Å². The molecule has 0 aromatic heterocycles. The second-order valence-corrected chi connectivity index (χ2v) is 7.38. The van der Waals surface area contributed by atoms with Crippen LogP contribution in [0.25, 0.3) is 11.1 Å². The van der Waals surface area contributed by atoms with E-state index in [1.165, 1.54) is 24.4 Å². The van der Waals surface area contributed by atoms with Gasteiger partial charge in [0.25, 0.3) is 0 Å². The summed E-state index contributed by atoms with van der Waals surface area (Å²) in [4.78, 5) is 4.09. The number of hydrogen-bond donors (Lipinski definition) is 0. The van der Waals surface area contributed by atoms with Crippen molar-refractivity contribution in [3.63, 3.8) is 0 Å². The fraction of sp³-hybridized carbons (Fsp3) is 0.188. The standard InChI is InChI=1S/C16H12F3NO2S/c1-23(21,22)13-4-2-3-10(6-13)14-7-12(16(17,18)19)5-11-8-20-9-15(11)14/h2-7,9H,8H2,1H3. The predicted octanol–water partition coefficient (Wildman–Crippen LogP) is 3.71. The Hall–Kier alpha value is -2.15. The summed E-state index contributed by atoms with van der Waals surface area (Å²) in [5.41, 5.74) is 1.08. The van der Waals surface area contributed by atoms with Crippen molar-refractivity contribution in [3.8, 4) is 11.1 Å². The van der Waals surface area contributed by atoms with E-state index >= 15 is 0 Å². The maximum Gasteiger partial charge on any atom is 0.416 e. The molecule has 0 N–H and O–H groups in total. The van der Waals surface area contributed by atoms with E-state index in [2.05, 4.69) is 4.99 Å². The van der Waals surface area contributed by atoms with Gasteiger partial charge in [-0.05, 0) is 41.0 Å². The van der Waals surface area contributed by atoms with Crippen LogP contribution in [0.3, 0.4) is 0 Å². The highest BCUT2D eigenvalue weighted by Gasteiger charge is 2.32. The van der Waals surface area contributed by atoms with E-state index in [0.29, 0.717) is 22.3 Å². The van der Waals surface area contributed by atoms with Crippen LogP contribution in [0.4, 0.5) is 13.2 Å². The number of benzene rings is 2. The van der Waals surface area contributed by atoms with Gasteiger partial charge in [0.1, 0.15) is 0 Å². The van der Waals surface area contributed by atoms with Gasteiger partial charge in [0, 0.05) is 18.0 Å². The lowest BCUT2D eigenvalue weighted by molar-refractivity contribution is -0.137. The molecule has 0 fully saturated rings. The maximum atomic E-state index is 13.1. The summed E-state index contributed by atoms with van der Waals surface area (Å²) in [7, 11) is -3.44. The molecule has 1 aliphatic heterocycles. The van der Waals surface area contributed by atoms with Gasteiger partial charge in [-0.15, -0.1) is 0 Å². The first kappa shape index (κ1) is 15.7. The average Bonchev–Trinajstić information content (AvgIpc) is 2.93. The fourth-order valence-electron chi connectivity index (χ4n) is 2.53. The number of hydrogen-bond acceptors (Lipinski definition) is 3. The summed E-state index contributed by atoms with van der Waals surface area (Å²) >= 11 is 0. The third-order valence-electron chi connectivity index (χ3n) is 3.65. The molecule has 0 saturated carbocycles. The predicted molar refractivity (Wildman–Crippen MR) is 81.3 cm³/mol. The van der Waals surface area contributed by atoms with Crippen LogP contribution in [-0.4, -0.2) is 20.9 Å². The summed E-state index contributed by atoms with van der Waals surface area (Å²) in [5, 5.41) is 0. The van der Waals surface area contributed by atoms with Gasteiger partial charge in [-0.25, -0.2) is 8.42 Å². The highest BCUT2D eigenvalue weighted by atomic mass is 32.2. The highest BCUT2D eigenvalue weighted by molar-refractivity contribution is 7.90. The first-order valence-corrected chi connectivity index (χ1v) is 8.60. The number of aliphatic imine (C=N–C) groups is 1. The van der Waals surface area contributed by atoms with E-state index in [0.717, 1.165) is 18.4 Å². The van der Waals surface area contributed by atoms with Crippen LogP contribution in [-0.2, 0) is 22.6 Å². The quantitative estimate of drug-likeness (QED) is 0.837. The molecule has 3 nitrogen and oxygen atoms in total. The van der Waals surface area contributed by atoms with E-state index in [4.69, 9.17) is 0 Å². The molecule has 1 heterocycles. The Morgan fingerprint density at radius 1 is 1.13 bits per heavy atom. The molecule has 0 aliphatic carbocycles. The van der Waals surface area contributed by atoms with Crippen molar-refractivity contribution in [1.82, 2.24) is 0 Å². The van der Waals surface area contributed by atoms with E-state index < -0.39 is 21.6 Å². The Balaban J connectivity index is 2.24. The topological polar surface area (TPSA) is 46.5 Å². The third-order valence-corrected chi connectivity index (χ3v) is 4.76. The first-order chi connectivity index (χ1) is 10.7. The number of fused-ring (bicyclic) bond motifs is 1. The van der Waals surface area contributed by atoms with E-state index in [1.54, 1.807) is 6.07 Å². The average molecular weight is 339 g/mol. The zero-order valence-electron chi connectivity index (χ0n) is 12.1. The lowest BCUT2D eigenvalue weighted by Gasteiger charge is -2.14. The van der Waals surface area contributed by atoms with Crippen LogP contribution in [0.5, 0.6) is 0 Å². The lowest BCUT2D eigenvalue weighted by Crippen LogP contribution is -2.07. The van der Waals surface area contributed by atoms with Gasteiger partial charge >= 0.3 is 6.18 Å². The molecule has 0 spiro atoms. The van der Waals surface area contributed by atoms with Gasteiger partial charge in [-0.1, -0.05) is 12.1 Å². The number of sulfone groups is 1. The Kier molecular flexibility index (Phi) is 3.55. The zero-order chi connectivity index (χ0) is 16.8. The molecule has 23 heavy (non-hydrogen) atoms. The van der Waals surface area contributed by atoms with Crippen molar-refractivity contribution in [3.05, 3.63) is 53.1 Å². The van der Waals surface area contributed by atoms with Crippen LogP contribution in [0.1, 0.15) is 16.7 Å². The third kappa shape index (κ3) is 3.01. The molecule has 0 bridgehead atoms. The summed E-state index contributed by atoms with van der Waals surface area (Å²) in [6.07, 6.45) is -1.89. The van der Waals surface area contributed by atoms with Crippen LogP contribution < -0.4 is 0 Å². The van der Waals surface area contributed by atoms with Gasteiger partial charge < -0.3 is 0 Å². The molecular weight excluding hydrogens is 327 g/mol. The highest BCUT2D eigenvalue weighted by Crippen LogP contribution is 2.37. The normalized spacial score (nSPS) is 14.1. The minimum absolute atomic E-state index is 0.0658. The second kappa shape index (κ2) is 5.19. The zero-order valence-corrected chi connectivity index (χ0v) is 12.9. The molecule has 7 heteroatoms. The molecular formula is C16H12F3NO2S. The van der Waals surface area contributed by atoms with E-state index in [-0.39, 0.29) is 11.4 Å². The summed E-state index contributed by atoms with van der Waals surface area (Å²) in [6.45, 7) is 0.192. The summed E-state index contributed by atoms with van der Waals surface area (Å²) in [6, 6.07) is 8.04. The number of alkyl halides is 3. The molecule has 1 aliphatic rings. The molecule has 3 rings (SSSR count). The van der Waals surface area contributed by atoms with Crippen LogP contribution in [0.15, 0.2) is 46.3 Å². The molecule has 2 aromatic carbocycles. The molecule has 2 aromatic rings. The van der Waals surface area contributed by atoms with Gasteiger partial charge in [0.05, 0.1) is 17.0 Å². The van der Waals surface area contributed by atoms with Crippen molar-refractivity contribution in [1.29, 1.82) is 0 Å². The van der Waals surface area contributed by atoms with Gasteiger partial charge in [-0.3, -0.25) is 4.99 Å². The van der Waals surface area contributed by atoms with Crippen molar-refractivity contribution in [2.45, 2.75) is 17.6 Å². The Morgan fingerprint density at radius 3 is 2.52 bits per heavy atom. The molecule has 0 saturated heterocycles. The van der Waals surface area contributed by atoms with Crippen molar-refractivity contribution in [2.75, 3.05) is 6.26 Å². The first-order valence-electron chi connectivity index (χ1n) is 6.71. The minimum Gasteiger partial charge on any atom is -0.288 e. The second-order valence-electron chi connectivity index (χ2n) is 5.36. The van der Waals surface area contributed by atoms with Gasteiger partial charge in [0.2, 0.25) is 0 Å². The molecule has 0 radical (unpaired) electrons. The Labute approximate surface area is 131 Å². The van der Waals surface area contributed by atoms with Crippen molar-refractivity contribution in [2.24, 2.45) is 4.99 Å². The van der Waals surface area contributed by atoms with Crippen LogP contribution in [0, 0.1) is 0 Å². The maximum absolute atomic E-state index is 13.1. The molecule has 0 unspecified atom stereocenters. The van der Waals surface area contributed by atoms with Gasteiger partial charge in [-0.2, -0.15) is 13.2 Å². The molecule has 0 amide bonds. The number of rotatable bonds is 2. The smallest absolute Gasteiger partial charge is 0.288 e. The summed E-state index contributed by atoms with van der Waals surface area (Å²) in [5.74, 6) is 0. The number of halogens is 3. The monoisotopic (exact) mass is 339 g/mol. The molecule has 120 valence electrons. The lowest BCUT2D eigenvalue weighted by atomic mass is 9.94. The Morgan fingerprint density at radius 2 is 1.87 bits per heavy atom. The Bertz CT molecular complexity index is 915. The SMILES string of the molecule is CS(=O)(=O)c1cccc(-c2cc(C(F)(F)F)cc3c2C=NC3)c1. The van der Waals surface area contributed by atoms with Crippen molar-refractivity contribution < 1.29 is 21.6 Å². The summed E-state index contributed by atoms with van der Waals surface area (Å²) < 4.78 is 62.6. The van der Waals surface area contributed by atoms with Crippen molar-refractivity contribution >= 4 is 16.1 Å².